The second-order valence-corrected chi connectivity index (χ2v) is 4.76. The molecule has 0 spiro atoms. The molecule has 3 nitrogen and oxygen atoms in total. The molecule has 0 saturated carbocycles. The Morgan fingerprint density at radius 1 is 1.17 bits per heavy atom. The molecular weight excluding hydrogens is 250 g/mol. The summed E-state index contributed by atoms with van der Waals surface area (Å²) < 4.78 is 10.9. The minimum Gasteiger partial charge on any atom is -0.448 e. The molecule has 1 aromatic carbocycles. The third kappa shape index (κ3) is 2.05. The fourth-order valence-corrected chi connectivity index (χ4v) is 2.48. The topological polar surface area (TPSA) is 34.4 Å². The van der Waals surface area contributed by atoms with Gasteiger partial charge in [-0.25, -0.2) is 0 Å². The molecule has 2 aromatic rings. The molecule has 1 aliphatic heterocycles. The smallest absolute Gasteiger partial charge is 0.193 e. The van der Waals surface area contributed by atoms with Crippen LogP contribution in [0.1, 0.15) is 28.5 Å². The Labute approximate surface area is 111 Å². The quantitative estimate of drug-likeness (QED) is 0.923. The molecule has 0 amide bonds. The van der Waals surface area contributed by atoms with E-state index in [1.807, 2.05) is 13.1 Å². The van der Waals surface area contributed by atoms with E-state index in [0.717, 1.165) is 11.3 Å². The van der Waals surface area contributed by atoms with Crippen LogP contribution in [0.4, 0.5) is 0 Å². The molecule has 2 heterocycles. The fourth-order valence-electron chi connectivity index (χ4n) is 2.33. The van der Waals surface area contributed by atoms with Gasteiger partial charge in [-0.05, 0) is 47.5 Å². The average Bonchev–Trinajstić information content (AvgIpc) is 2.99. The maximum Gasteiger partial charge on any atom is 0.193 e. The maximum atomic E-state index is 5.83. The lowest BCUT2D eigenvalue weighted by Gasteiger charge is -2.15. The predicted molar refractivity (Wildman–Crippen MR) is 69.6 cm³/mol. The Morgan fingerprint density at radius 3 is 2.72 bits per heavy atom. The molecule has 1 atom stereocenters. The van der Waals surface area contributed by atoms with Gasteiger partial charge in [-0.15, -0.1) is 0 Å². The number of halogens is 1. The lowest BCUT2D eigenvalue weighted by Crippen LogP contribution is -2.17. The van der Waals surface area contributed by atoms with Gasteiger partial charge in [-0.1, -0.05) is 18.2 Å². The summed E-state index contributed by atoms with van der Waals surface area (Å²) in [4.78, 5) is 0. The molecule has 0 fully saturated rings. The van der Waals surface area contributed by atoms with Crippen LogP contribution in [0.15, 0.2) is 34.7 Å². The normalized spacial score (nSPS) is 15.7. The highest BCUT2D eigenvalue weighted by atomic mass is 35.5. The molecule has 94 valence electrons. The van der Waals surface area contributed by atoms with Crippen molar-refractivity contribution >= 4 is 11.6 Å². The molecule has 1 N–H and O–H groups in total. The molecule has 4 heteroatoms. The van der Waals surface area contributed by atoms with Crippen molar-refractivity contribution in [3.8, 4) is 0 Å². The van der Waals surface area contributed by atoms with Crippen LogP contribution in [-0.2, 0) is 18.0 Å². The molecule has 1 aromatic heterocycles. The third-order valence-corrected chi connectivity index (χ3v) is 3.45. The van der Waals surface area contributed by atoms with E-state index in [0.29, 0.717) is 18.4 Å². The Balaban J connectivity index is 1.96. The van der Waals surface area contributed by atoms with Crippen molar-refractivity contribution in [3.05, 3.63) is 58.0 Å². The number of furan rings is 1. The number of hydrogen-bond donors (Lipinski definition) is 1. The van der Waals surface area contributed by atoms with E-state index in [2.05, 4.69) is 23.5 Å². The van der Waals surface area contributed by atoms with Crippen LogP contribution in [0, 0.1) is 0 Å². The van der Waals surface area contributed by atoms with E-state index < -0.39 is 0 Å². The summed E-state index contributed by atoms with van der Waals surface area (Å²) in [6.07, 6.45) is 0. The SMILES string of the molecule is CNC(c1ccc2c(c1)COC2)c1ccc(Cl)o1. The molecule has 0 bridgehead atoms. The summed E-state index contributed by atoms with van der Waals surface area (Å²) in [7, 11) is 1.91. The van der Waals surface area contributed by atoms with E-state index in [4.69, 9.17) is 20.8 Å². The number of benzene rings is 1. The minimum atomic E-state index is 0.0170. The first-order valence-corrected chi connectivity index (χ1v) is 6.27. The third-order valence-electron chi connectivity index (χ3n) is 3.25. The second kappa shape index (κ2) is 4.76. The molecule has 0 aliphatic carbocycles. The lowest BCUT2D eigenvalue weighted by atomic mass is 10.00. The summed E-state index contributed by atoms with van der Waals surface area (Å²) in [5.41, 5.74) is 3.68. The standard InChI is InChI=1S/C14H14ClNO2/c1-16-14(12-4-5-13(15)18-12)9-2-3-10-7-17-8-11(10)6-9/h2-6,14,16H,7-8H2,1H3. The van der Waals surface area contributed by atoms with Crippen LogP contribution >= 0.6 is 11.6 Å². The first-order valence-electron chi connectivity index (χ1n) is 5.90. The zero-order valence-electron chi connectivity index (χ0n) is 10.1. The monoisotopic (exact) mass is 263 g/mol. The summed E-state index contributed by atoms with van der Waals surface area (Å²) >= 11 is 5.83. The van der Waals surface area contributed by atoms with Crippen molar-refractivity contribution in [1.82, 2.24) is 5.32 Å². The van der Waals surface area contributed by atoms with E-state index in [1.165, 1.54) is 11.1 Å². The Bertz CT molecular complexity index is 565. The highest BCUT2D eigenvalue weighted by Crippen LogP contribution is 2.29. The fraction of sp³-hybridized carbons (Fsp3) is 0.286. The summed E-state index contributed by atoms with van der Waals surface area (Å²) in [6.45, 7) is 1.41. The van der Waals surface area contributed by atoms with Crippen molar-refractivity contribution in [1.29, 1.82) is 0 Å². The first-order chi connectivity index (χ1) is 8.78. The predicted octanol–water partition coefficient (Wildman–Crippen LogP) is 3.27. The molecule has 0 saturated heterocycles. The van der Waals surface area contributed by atoms with E-state index in [9.17, 15) is 0 Å². The molecule has 0 radical (unpaired) electrons. The van der Waals surface area contributed by atoms with Crippen molar-refractivity contribution in [2.45, 2.75) is 19.3 Å². The molecule has 1 aliphatic rings. The van der Waals surface area contributed by atoms with Gasteiger partial charge < -0.3 is 14.5 Å². The van der Waals surface area contributed by atoms with E-state index >= 15 is 0 Å². The van der Waals surface area contributed by atoms with Gasteiger partial charge in [0.2, 0.25) is 0 Å². The number of nitrogens with one attached hydrogen (secondary N) is 1. The largest absolute Gasteiger partial charge is 0.448 e. The van der Waals surface area contributed by atoms with Crippen molar-refractivity contribution in [3.63, 3.8) is 0 Å². The summed E-state index contributed by atoms with van der Waals surface area (Å²) in [5.74, 6) is 0.821. The van der Waals surface area contributed by atoms with Gasteiger partial charge in [-0.2, -0.15) is 0 Å². The molecule has 3 rings (SSSR count). The van der Waals surface area contributed by atoms with Gasteiger partial charge in [0.15, 0.2) is 5.22 Å². The highest BCUT2D eigenvalue weighted by Gasteiger charge is 2.19. The molecule has 18 heavy (non-hydrogen) atoms. The Hall–Kier alpha value is -1.29. The zero-order valence-corrected chi connectivity index (χ0v) is 10.8. The second-order valence-electron chi connectivity index (χ2n) is 4.38. The lowest BCUT2D eigenvalue weighted by molar-refractivity contribution is 0.134. The number of fused-ring (bicyclic) bond motifs is 1. The number of rotatable bonds is 3. The average molecular weight is 264 g/mol. The number of hydrogen-bond acceptors (Lipinski definition) is 3. The highest BCUT2D eigenvalue weighted by molar-refractivity contribution is 6.28. The van der Waals surface area contributed by atoms with Crippen molar-refractivity contribution in [2.75, 3.05) is 7.05 Å². The Morgan fingerprint density at radius 2 is 2.00 bits per heavy atom. The maximum absolute atomic E-state index is 5.83. The summed E-state index contributed by atoms with van der Waals surface area (Å²) in [5, 5.41) is 3.66. The van der Waals surface area contributed by atoms with Gasteiger partial charge in [0.25, 0.3) is 0 Å². The van der Waals surface area contributed by atoms with E-state index in [1.54, 1.807) is 6.07 Å². The Kier molecular flexibility index (Phi) is 3.12. The van der Waals surface area contributed by atoms with Crippen molar-refractivity contribution in [2.24, 2.45) is 0 Å². The van der Waals surface area contributed by atoms with Gasteiger partial charge in [0, 0.05) is 0 Å². The van der Waals surface area contributed by atoms with Crippen LogP contribution in [0.5, 0.6) is 0 Å². The van der Waals surface area contributed by atoms with Crippen LogP contribution in [0.25, 0.3) is 0 Å². The van der Waals surface area contributed by atoms with Crippen LogP contribution in [0.2, 0.25) is 5.22 Å². The van der Waals surface area contributed by atoms with Gasteiger partial charge in [0.05, 0.1) is 19.3 Å². The first kappa shape index (κ1) is 11.8. The van der Waals surface area contributed by atoms with Gasteiger partial charge >= 0.3 is 0 Å². The van der Waals surface area contributed by atoms with Gasteiger partial charge in [-0.3, -0.25) is 0 Å². The van der Waals surface area contributed by atoms with Crippen LogP contribution < -0.4 is 5.32 Å². The van der Waals surface area contributed by atoms with Crippen molar-refractivity contribution < 1.29 is 9.15 Å². The van der Waals surface area contributed by atoms with E-state index in [-0.39, 0.29) is 6.04 Å². The molecule has 1 unspecified atom stereocenters. The van der Waals surface area contributed by atoms with Gasteiger partial charge in [0.1, 0.15) is 5.76 Å². The zero-order chi connectivity index (χ0) is 12.5. The number of ether oxygens (including phenoxy) is 1. The van der Waals surface area contributed by atoms with Crippen LogP contribution in [-0.4, -0.2) is 7.05 Å². The summed E-state index contributed by atoms with van der Waals surface area (Å²) in [6, 6.07) is 10.1. The minimum absolute atomic E-state index is 0.0170. The van der Waals surface area contributed by atoms with Crippen LogP contribution in [0.3, 0.4) is 0 Å². The molecular formula is C14H14ClNO2.